The van der Waals surface area contributed by atoms with Crippen molar-refractivity contribution in [3.63, 3.8) is 0 Å². The fourth-order valence-electron chi connectivity index (χ4n) is 3.12. The number of hydrogen-bond acceptors (Lipinski definition) is 2. The maximum atomic E-state index is 13.8. The van der Waals surface area contributed by atoms with Crippen LogP contribution in [0, 0.1) is 11.7 Å². The van der Waals surface area contributed by atoms with E-state index < -0.39 is 0 Å². The number of halogens is 2. The molecule has 4 rings (SSSR count). The van der Waals surface area contributed by atoms with Crippen molar-refractivity contribution in [1.82, 2.24) is 10.2 Å². The lowest BCUT2D eigenvalue weighted by Crippen LogP contribution is -2.55. The average Bonchev–Trinajstić information content (AvgIpc) is 2.42. The lowest BCUT2D eigenvalue weighted by Gasteiger charge is -2.45. The molecule has 3 aliphatic heterocycles. The van der Waals surface area contributed by atoms with Gasteiger partial charge < -0.3 is 10.2 Å². The van der Waals surface area contributed by atoms with Crippen LogP contribution in [0.3, 0.4) is 0 Å². The third kappa shape index (κ3) is 2.40. The molecule has 3 aliphatic rings. The monoisotopic (exact) mass is 268 g/mol. The second-order valence-corrected chi connectivity index (χ2v) is 5.75. The van der Waals surface area contributed by atoms with Gasteiger partial charge in [-0.15, -0.1) is 0 Å². The van der Waals surface area contributed by atoms with Gasteiger partial charge in [-0.25, -0.2) is 4.39 Å². The summed E-state index contributed by atoms with van der Waals surface area (Å²) in [4.78, 5) is 2.49. The topological polar surface area (TPSA) is 15.3 Å². The van der Waals surface area contributed by atoms with E-state index in [0.29, 0.717) is 18.2 Å². The van der Waals surface area contributed by atoms with Crippen molar-refractivity contribution < 1.29 is 4.39 Å². The molecule has 3 saturated heterocycles. The van der Waals surface area contributed by atoms with Crippen LogP contribution in [0.5, 0.6) is 0 Å². The summed E-state index contributed by atoms with van der Waals surface area (Å²) in [6, 6.07) is 5.70. The van der Waals surface area contributed by atoms with Gasteiger partial charge >= 0.3 is 0 Å². The normalized spacial score (nSPS) is 30.7. The molecule has 3 fully saturated rings. The highest BCUT2D eigenvalue weighted by Crippen LogP contribution is 2.28. The summed E-state index contributed by atoms with van der Waals surface area (Å²) in [5, 5.41) is 3.71. The first-order valence-corrected chi connectivity index (χ1v) is 7.00. The van der Waals surface area contributed by atoms with Crippen LogP contribution >= 0.6 is 11.6 Å². The number of fused-ring (bicyclic) bond motifs is 3. The molecule has 4 heteroatoms. The Kier molecular flexibility index (Phi) is 3.55. The number of nitrogens with one attached hydrogen (secondary N) is 1. The molecular formula is C14H18ClFN2. The molecule has 0 radical (unpaired) electrons. The molecule has 3 heterocycles. The number of rotatable bonds is 3. The summed E-state index contributed by atoms with van der Waals surface area (Å²) >= 11 is 5.79. The molecule has 2 nitrogen and oxygen atoms in total. The minimum atomic E-state index is -0.284. The minimum Gasteiger partial charge on any atom is -0.308 e. The van der Waals surface area contributed by atoms with Crippen LogP contribution in [0.15, 0.2) is 18.2 Å². The Morgan fingerprint density at radius 2 is 2.11 bits per heavy atom. The van der Waals surface area contributed by atoms with E-state index in [2.05, 4.69) is 10.2 Å². The standard InChI is InChI=1S/C14H18ClFN2/c15-12-3-1-2-11(14(12)16)8-17-13-9-18-6-4-10(13)5-7-18/h1-3,10,13,17H,4-9H2. The van der Waals surface area contributed by atoms with Gasteiger partial charge in [-0.1, -0.05) is 23.7 Å². The molecule has 1 aromatic rings. The van der Waals surface area contributed by atoms with Gasteiger partial charge in [0.15, 0.2) is 0 Å². The maximum absolute atomic E-state index is 13.8. The molecule has 0 saturated carbocycles. The smallest absolute Gasteiger partial charge is 0.146 e. The number of hydrogen-bond donors (Lipinski definition) is 1. The van der Waals surface area contributed by atoms with E-state index >= 15 is 0 Å². The second kappa shape index (κ2) is 5.16. The molecular weight excluding hydrogens is 251 g/mol. The van der Waals surface area contributed by atoms with Crippen molar-refractivity contribution >= 4 is 11.6 Å². The van der Waals surface area contributed by atoms with E-state index in [1.54, 1.807) is 18.2 Å². The number of piperidine rings is 3. The van der Waals surface area contributed by atoms with Gasteiger partial charge in [0, 0.05) is 24.7 Å². The summed E-state index contributed by atoms with van der Waals surface area (Å²) in [5.74, 6) is 0.477. The summed E-state index contributed by atoms with van der Waals surface area (Å²) in [6.45, 7) is 4.14. The van der Waals surface area contributed by atoms with E-state index in [-0.39, 0.29) is 10.8 Å². The third-order valence-corrected chi connectivity index (χ3v) is 4.53. The number of benzene rings is 1. The van der Waals surface area contributed by atoms with Gasteiger partial charge in [-0.2, -0.15) is 0 Å². The molecule has 0 aliphatic carbocycles. The molecule has 0 aromatic heterocycles. The van der Waals surface area contributed by atoms with Gasteiger partial charge in [0.1, 0.15) is 5.82 Å². The first-order chi connectivity index (χ1) is 8.74. The Balaban J connectivity index is 1.63. The van der Waals surface area contributed by atoms with Crippen LogP contribution in [0.4, 0.5) is 4.39 Å². The van der Waals surface area contributed by atoms with Gasteiger partial charge in [-0.3, -0.25) is 0 Å². The predicted molar refractivity (Wildman–Crippen MR) is 71.2 cm³/mol. The molecule has 1 N–H and O–H groups in total. The van der Waals surface area contributed by atoms with Crippen LogP contribution in [-0.4, -0.2) is 30.6 Å². The molecule has 0 spiro atoms. The minimum absolute atomic E-state index is 0.211. The van der Waals surface area contributed by atoms with Crippen molar-refractivity contribution in [2.24, 2.45) is 5.92 Å². The zero-order chi connectivity index (χ0) is 12.5. The van der Waals surface area contributed by atoms with E-state index in [4.69, 9.17) is 11.6 Å². The zero-order valence-electron chi connectivity index (χ0n) is 10.3. The Morgan fingerprint density at radius 1 is 1.33 bits per heavy atom. The molecule has 18 heavy (non-hydrogen) atoms. The molecule has 0 amide bonds. The van der Waals surface area contributed by atoms with Gasteiger partial charge in [0.25, 0.3) is 0 Å². The summed E-state index contributed by atoms with van der Waals surface area (Å²) in [6.07, 6.45) is 2.55. The largest absolute Gasteiger partial charge is 0.308 e. The van der Waals surface area contributed by atoms with Crippen LogP contribution in [0.25, 0.3) is 0 Å². The Hall–Kier alpha value is -0.640. The van der Waals surface area contributed by atoms with E-state index in [1.165, 1.54) is 25.9 Å². The summed E-state index contributed by atoms with van der Waals surface area (Å²) in [7, 11) is 0. The molecule has 2 bridgehead atoms. The Morgan fingerprint density at radius 3 is 2.78 bits per heavy atom. The third-order valence-electron chi connectivity index (χ3n) is 4.24. The van der Waals surface area contributed by atoms with E-state index in [9.17, 15) is 4.39 Å². The first kappa shape index (κ1) is 12.4. The summed E-state index contributed by atoms with van der Waals surface area (Å²) in [5.41, 5.74) is 0.666. The van der Waals surface area contributed by atoms with Crippen molar-refractivity contribution in [1.29, 1.82) is 0 Å². The van der Waals surface area contributed by atoms with Crippen molar-refractivity contribution in [3.8, 4) is 0 Å². The highest BCUT2D eigenvalue weighted by molar-refractivity contribution is 6.30. The lowest BCUT2D eigenvalue weighted by atomic mass is 9.84. The Bertz CT molecular complexity index is 430. The van der Waals surface area contributed by atoms with Crippen molar-refractivity contribution in [2.45, 2.75) is 25.4 Å². The number of nitrogens with zero attached hydrogens (tertiary/aromatic N) is 1. The van der Waals surface area contributed by atoms with Gasteiger partial charge in [0.2, 0.25) is 0 Å². The SMILES string of the molecule is Fc1c(Cl)cccc1CNC1CN2CCC1CC2. The fourth-order valence-corrected chi connectivity index (χ4v) is 3.32. The quantitative estimate of drug-likeness (QED) is 0.907. The molecule has 1 unspecified atom stereocenters. The van der Waals surface area contributed by atoms with E-state index in [1.807, 2.05) is 0 Å². The Labute approximate surface area is 112 Å². The van der Waals surface area contributed by atoms with Crippen LogP contribution in [-0.2, 0) is 6.54 Å². The summed E-state index contributed by atoms with van der Waals surface area (Å²) < 4.78 is 13.8. The maximum Gasteiger partial charge on any atom is 0.146 e. The fraction of sp³-hybridized carbons (Fsp3) is 0.571. The highest BCUT2D eigenvalue weighted by atomic mass is 35.5. The van der Waals surface area contributed by atoms with Gasteiger partial charge in [-0.05, 0) is 37.9 Å². The predicted octanol–water partition coefficient (Wildman–Crippen LogP) is 2.66. The first-order valence-electron chi connectivity index (χ1n) is 6.62. The zero-order valence-corrected chi connectivity index (χ0v) is 11.1. The van der Waals surface area contributed by atoms with Crippen molar-refractivity contribution in [3.05, 3.63) is 34.6 Å². The van der Waals surface area contributed by atoms with Crippen LogP contribution < -0.4 is 5.32 Å². The van der Waals surface area contributed by atoms with Crippen LogP contribution in [0.1, 0.15) is 18.4 Å². The van der Waals surface area contributed by atoms with Crippen molar-refractivity contribution in [2.75, 3.05) is 19.6 Å². The molecule has 1 aromatic carbocycles. The average molecular weight is 269 g/mol. The second-order valence-electron chi connectivity index (χ2n) is 5.34. The highest BCUT2D eigenvalue weighted by Gasteiger charge is 2.33. The van der Waals surface area contributed by atoms with Crippen LogP contribution in [0.2, 0.25) is 5.02 Å². The lowest BCUT2D eigenvalue weighted by molar-refractivity contribution is 0.0719. The molecule has 1 atom stereocenters. The van der Waals surface area contributed by atoms with E-state index in [0.717, 1.165) is 12.5 Å². The van der Waals surface area contributed by atoms with Gasteiger partial charge in [0.05, 0.1) is 5.02 Å². The molecule has 98 valence electrons.